The van der Waals surface area contributed by atoms with E-state index < -0.39 is 0 Å². The molecule has 0 amide bonds. The van der Waals surface area contributed by atoms with Gasteiger partial charge in [0.05, 0.1) is 13.2 Å². The van der Waals surface area contributed by atoms with Gasteiger partial charge in [-0.1, -0.05) is 31.2 Å². The minimum atomic E-state index is 0.0600. The second-order valence-corrected chi connectivity index (χ2v) is 5.92. The number of methoxy groups -OCH3 is 1. The second-order valence-electron chi connectivity index (χ2n) is 5.51. The summed E-state index contributed by atoms with van der Waals surface area (Å²) < 4.78 is 11.1. The van der Waals surface area contributed by atoms with Crippen LogP contribution in [0.15, 0.2) is 48.5 Å². The summed E-state index contributed by atoms with van der Waals surface area (Å²) in [6.07, 6.45) is 1.03. The summed E-state index contributed by atoms with van der Waals surface area (Å²) in [5, 5.41) is 6.98. The van der Waals surface area contributed by atoms with E-state index >= 15 is 0 Å². The first-order chi connectivity index (χ1) is 11.6. The lowest BCUT2D eigenvalue weighted by Crippen LogP contribution is -2.39. The lowest BCUT2D eigenvalue weighted by Gasteiger charge is -2.18. The number of hydrogen-bond donors (Lipinski definition) is 2. The van der Waals surface area contributed by atoms with E-state index in [9.17, 15) is 0 Å². The Hall–Kier alpha value is -2.27. The van der Waals surface area contributed by atoms with Crippen molar-refractivity contribution in [3.05, 3.63) is 54.1 Å². The average Bonchev–Trinajstić information content (AvgIpc) is 2.60. The summed E-state index contributed by atoms with van der Waals surface area (Å²) in [6, 6.07) is 15.9. The van der Waals surface area contributed by atoms with Crippen molar-refractivity contribution < 1.29 is 9.47 Å². The van der Waals surface area contributed by atoms with Gasteiger partial charge < -0.3 is 20.1 Å². The number of ether oxygens (including phenoxy) is 2. The van der Waals surface area contributed by atoms with Crippen LogP contribution in [-0.4, -0.2) is 24.9 Å². The van der Waals surface area contributed by atoms with Gasteiger partial charge in [0, 0.05) is 5.69 Å². The zero-order chi connectivity index (χ0) is 17.4. The van der Waals surface area contributed by atoms with Gasteiger partial charge in [-0.2, -0.15) is 0 Å². The van der Waals surface area contributed by atoms with Gasteiger partial charge in [0.2, 0.25) is 0 Å². The Kier molecular flexibility index (Phi) is 6.88. The van der Waals surface area contributed by atoms with E-state index in [1.807, 2.05) is 43.3 Å². The van der Waals surface area contributed by atoms with Crippen LogP contribution >= 0.6 is 12.2 Å². The van der Waals surface area contributed by atoms with E-state index in [1.54, 1.807) is 7.11 Å². The summed E-state index contributed by atoms with van der Waals surface area (Å²) in [7, 11) is 1.63. The molecule has 2 aromatic carbocycles. The van der Waals surface area contributed by atoms with Gasteiger partial charge in [0.1, 0.15) is 6.61 Å². The molecular weight excluding hydrogens is 320 g/mol. The largest absolute Gasteiger partial charge is 0.493 e. The first kappa shape index (κ1) is 18.1. The summed E-state index contributed by atoms with van der Waals surface area (Å²) in [6.45, 7) is 4.64. The molecule has 2 N–H and O–H groups in total. The van der Waals surface area contributed by atoms with E-state index in [0.717, 1.165) is 23.6 Å². The molecule has 4 nitrogen and oxygen atoms in total. The average molecular weight is 344 g/mol. The van der Waals surface area contributed by atoms with Gasteiger partial charge in [-0.25, -0.2) is 0 Å². The van der Waals surface area contributed by atoms with Crippen LogP contribution in [0.25, 0.3) is 0 Å². The molecule has 1 unspecified atom stereocenters. The Morgan fingerprint density at radius 2 is 1.75 bits per heavy atom. The van der Waals surface area contributed by atoms with Crippen LogP contribution in [0.3, 0.4) is 0 Å². The topological polar surface area (TPSA) is 42.5 Å². The van der Waals surface area contributed by atoms with Crippen molar-refractivity contribution in [1.82, 2.24) is 5.32 Å². The van der Waals surface area contributed by atoms with Gasteiger partial charge in [-0.3, -0.25) is 0 Å². The molecule has 0 heterocycles. The van der Waals surface area contributed by atoms with Crippen molar-refractivity contribution in [1.29, 1.82) is 0 Å². The highest BCUT2D eigenvalue weighted by molar-refractivity contribution is 7.80. The lowest BCUT2D eigenvalue weighted by atomic mass is 10.1. The zero-order valence-electron chi connectivity index (χ0n) is 14.3. The Bertz CT molecular complexity index is 659. The van der Waals surface area contributed by atoms with Gasteiger partial charge in [0.15, 0.2) is 16.6 Å². The Morgan fingerprint density at radius 1 is 1.08 bits per heavy atom. The van der Waals surface area contributed by atoms with Crippen molar-refractivity contribution >= 4 is 23.0 Å². The molecule has 0 radical (unpaired) electrons. The summed E-state index contributed by atoms with van der Waals surface area (Å²) >= 11 is 5.35. The SMILES string of the molecule is CCc1ccc(NC(=S)NC(C)COc2ccccc2OC)cc1. The number of benzene rings is 2. The van der Waals surface area contributed by atoms with Crippen LogP contribution < -0.4 is 20.1 Å². The van der Waals surface area contributed by atoms with Crippen molar-refractivity contribution in [3.8, 4) is 11.5 Å². The Balaban J connectivity index is 1.80. The van der Waals surface area contributed by atoms with Crippen LogP contribution in [-0.2, 0) is 6.42 Å². The quantitative estimate of drug-likeness (QED) is 0.743. The number of aryl methyl sites for hydroxylation is 1. The molecular formula is C19H24N2O2S. The van der Waals surface area contributed by atoms with Crippen LogP contribution in [0.1, 0.15) is 19.4 Å². The van der Waals surface area contributed by atoms with E-state index in [-0.39, 0.29) is 6.04 Å². The molecule has 0 saturated heterocycles. The van der Waals surface area contributed by atoms with Crippen LogP contribution in [0.2, 0.25) is 0 Å². The Morgan fingerprint density at radius 3 is 2.38 bits per heavy atom. The maximum atomic E-state index is 5.80. The van der Waals surface area contributed by atoms with Crippen molar-refractivity contribution in [3.63, 3.8) is 0 Å². The smallest absolute Gasteiger partial charge is 0.171 e. The normalized spacial score (nSPS) is 11.5. The van der Waals surface area contributed by atoms with Crippen molar-refractivity contribution in [2.75, 3.05) is 19.0 Å². The van der Waals surface area contributed by atoms with Crippen molar-refractivity contribution in [2.45, 2.75) is 26.3 Å². The number of rotatable bonds is 7. The molecule has 2 rings (SSSR count). The highest BCUT2D eigenvalue weighted by atomic mass is 32.1. The molecule has 0 aliphatic rings. The monoisotopic (exact) mass is 344 g/mol. The molecule has 0 bridgehead atoms. The van der Waals surface area contributed by atoms with Gasteiger partial charge in [-0.15, -0.1) is 0 Å². The third kappa shape index (κ3) is 5.42. The fraction of sp³-hybridized carbons (Fsp3) is 0.316. The van der Waals surface area contributed by atoms with Gasteiger partial charge >= 0.3 is 0 Å². The molecule has 1 atom stereocenters. The molecule has 0 spiro atoms. The van der Waals surface area contributed by atoms with Gasteiger partial charge in [0.25, 0.3) is 0 Å². The fourth-order valence-electron chi connectivity index (χ4n) is 2.21. The summed E-state index contributed by atoms with van der Waals surface area (Å²) in [5.74, 6) is 1.45. The minimum absolute atomic E-state index is 0.0600. The zero-order valence-corrected chi connectivity index (χ0v) is 15.2. The Labute approximate surface area is 149 Å². The van der Waals surface area contributed by atoms with E-state index in [1.165, 1.54) is 5.56 Å². The highest BCUT2D eigenvalue weighted by Crippen LogP contribution is 2.25. The third-order valence-corrected chi connectivity index (χ3v) is 3.78. The molecule has 0 aromatic heterocycles. The molecule has 0 aliphatic carbocycles. The molecule has 5 heteroatoms. The van der Waals surface area contributed by atoms with Crippen LogP contribution in [0, 0.1) is 0 Å². The van der Waals surface area contributed by atoms with Crippen LogP contribution in [0.4, 0.5) is 5.69 Å². The summed E-state index contributed by atoms with van der Waals surface area (Å²) in [4.78, 5) is 0. The molecule has 24 heavy (non-hydrogen) atoms. The number of nitrogens with one attached hydrogen (secondary N) is 2. The lowest BCUT2D eigenvalue weighted by molar-refractivity contribution is 0.270. The standard InChI is InChI=1S/C19H24N2O2S/c1-4-15-9-11-16(12-10-15)21-19(24)20-14(2)13-23-18-8-6-5-7-17(18)22-3/h5-12,14H,4,13H2,1-3H3,(H2,20,21,24). The van der Waals surface area contributed by atoms with E-state index in [0.29, 0.717) is 11.7 Å². The molecule has 128 valence electrons. The van der Waals surface area contributed by atoms with Crippen LogP contribution in [0.5, 0.6) is 11.5 Å². The molecule has 2 aromatic rings. The van der Waals surface area contributed by atoms with E-state index in [4.69, 9.17) is 21.7 Å². The number of anilines is 1. The number of para-hydroxylation sites is 2. The highest BCUT2D eigenvalue weighted by Gasteiger charge is 2.08. The first-order valence-electron chi connectivity index (χ1n) is 8.04. The molecule has 0 saturated carbocycles. The third-order valence-electron chi connectivity index (χ3n) is 3.56. The number of thiocarbonyl (C=S) groups is 1. The second kappa shape index (κ2) is 9.13. The maximum absolute atomic E-state index is 5.80. The minimum Gasteiger partial charge on any atom is -0.493 e. The summed E-state index contributed by atoms with van der Waals surface area (Å²) in [5.41, 5.74) is 2.28. The predicted octanol–water partition coefficient (Wildman–Crippen LogP) is 4.01. The molecule has 0 aliphatic heterocycles. The predicted molar refractivity (Wildman–Crippen MR) is 103 cm³/mol. The first-order valence-corrected chi connectivity index (χ1v) is 8.45. The number of hydrogen-bond acceptors (Lipinski definition) is 3. The van der Waals surface area contributed by atoms with E-state index in [2.05, 4.69) is 29.7 Å². The van der Waals surface area contributed by atoms with Gasteiger partial charge in [-0.05, 0) is 55.4 Å². The maximum Gasteiger partial charge on any atom is 0.171 e. The van der Waals surface area contributed by atoms with Crippen molar-refractivity contribution in [2.24, 2.45) is 0 Å². The molecule has 0 fully saturated rings. The fourth-order valence-corrected chi connectivity index (χ4v) is 2.53.